The predicted octanol–water partition coefficient (Wildman–Crippen LogP) is 1.51. The zero-order chi connectivity index (χ0) is 20.1. The first-order valence-electron chi connectivity index (χ1n) is 9.32. The van der Waals surface area contributed by atoms with E-state index < -0.39 is 5.60 Å². The minimum atomic E-state index is -0.495. The van der Waals surface area contributed by atoms with Gasteiger partial charge in [0.1, 0.15) is 11.9 Å². The van der Waals surface area contributed by atoms with Crippen molar-refractivity contribution in [3.63, 3.8) is 0 Å². The number of carbonyl (C=O) groups is 1. The summed E-state index contributed by atoms with van der Waals surface area (Å²) < 4.78 is 6.93. The molecule has 1 saturated carbocycles. The highest BCUT2D eigenvalue weighted by atomic mass is 16.6. The summed E-state index contributed by atoms with van der Waals surface area (Å²) in [6.45, 7) is 6.89. The van der Waals surface area contributed by atoms with Crippen LogP contribution in [0.25, 0.3) is 11.4 Å². The first-order chi connectivity index (χ1) is 13.2. The Morgan fingerprint density at radius 1 is 1.25 bits per heavy atom. The van der Waals surface area contributed by atoms with Crippen molar-refractivity contribution in [1.29, 1.82) is 0 Å². The molecule has 2 aromatic heterocycles. The van der Waals surface area contributed by atoms with Gasteiger partial charge in [-0.25, -0.2) is 19.7 Å². The van der Waals surface area contributed by atoms with Gasteiger partial charge >= 0.3 is 6.09 Å². The molecule has 1 N–H and O–H groups in total. The van der Waals surface area contributed by atoms with Crippen molar-refractivity contribution in [1.82, 2.24) is 24.4 Å². The molecule has 3 heterocycles. The van der Waals surface area contributed by atoms with Crippen LogP contribution >= 0.6 is 0 Å². The quantitative estimate of drug-likeness (QED) is 0.856. The lowest BCUT2D eigenvalue weighted by Crippen LogP contribution is -2.38. The van der Waals surface area contributed by atoms with Crippen LogP contribution in [0, 0.1) is 11.8 Å². The Morgan fingerprint density at radius 2 is 1.96 bits per heavy atom. The summed E-state index contributed by atoms with van der Waals surface area (Å²) in [4.78, 5) is 38.9. The minimum Gasteiger partial charge on any atom is -0.444 e. The Labute approximate surface area is 162 Å². The van der Waals surface area contributed by atoms with Gasteiger partial charge in [0.05, 0.1) is 11.4 Å². The van der Waals surface area contributed by atoms with Gasteiger partial charge in [0.15, 0.2) is 0 Å². The van der Waals surface area contributed by atoms with E-state index in [4.69, 9.17) is 4.74 Å². The molecule has 1 saturated heterocycles. The number of carbonyl (C=O) groups excluding carboxylic acids is 1. The van der Waals surface area contributed by atoms with E-state index in [1.165, 1.54) is 17.0 Å². The van der Waals surface area contributed by atoms with Crippen molar-refractivity contribution in [3.05, 3.63) is 35.0 Å². The van der Waals surface area contributed by atoms with Gasteiger partial charge in [-0.1, -0.05) is 0 Å². The second kappa shape index (κ2) is 6.57. The molecular formula is C19H24N6O3. The van der Waals surface area contributed by atoms with Crippen LogP contribution in [-0.4, -0.2) is 55.2 Å². The molecule has 2 aliphatic rings. The zero-order valence-electron chi connectivity index (χ0n) is 16.4. The van der Waals surface area contributed by atoms with Crippen molar-refractivity contribution in [2.24, 2.45) is 18.9 Å². The number of hydrogen-bond acceptors (Lipinski definition) is 7. The summed E-state index contributed by atoms with van der Waals surface area (Å²) >= 11 is 0. The second-order valence-electron chi connectivity index (χ2n) is 8.34. The third-order valence-corrected chi connectivity index (χ3v) is 5.12. The van der Waals surface area contributed by atoms with Gasteiger partial charge in [-0.2, -0.15) is 0 Å². The van der Waals surface area contributed by atoms with E-state index in [-0.39, 0.29) is 17.7 Å². The van der Waals surface area contributed by atoms with Gasteiger partial charge in [0.25, 0.3) is 5.56 Å². The Morgan fingerprint density at radius 3 is 2.57 bits per heavy atom. The number of anilines is 1. The lowest BCUT2D eigenvalue weighted by Gasteiger charge is -2.26. The van der Waals surface area contributed by atoms with E-state index in [0.717, 1.165) is 0 Å². The molecule has 0 bridgehead atoms. The summed E-state index contributed by atoms with van der Waals surface area (Å²) in [6.07, 6.45) is 2.78. The van der Waals surface area contributed by atoms with Crippen LogP contribution in [-0.2, 0) is 11.8 Å². The topological polar surface area (TPSA) is 102 Å². The molecule has 0 unspecified atom stereocenters. The van der Waals surface area contributed by atoms with Gasteiger partial charge in [-0.15, -0.1) is 0 Å². The van der Waals surface area contributed by atoms with Gasteiger partial charge < -0.3 is 15.0 Å². The van der Waals surface area contributed by atoms with Crippen molar-refractivity contribution in [2.75, 3.05) is 18.4 Å². The van der Waals surface area contributed by atoms with Crippen molar-refractivity contribution in [3.8, 4) is 11.4 Å². The molecule has 1 amide bonds. The summed E-state index contributed by atoms with van der Waals surface area (Å²) in [5.41, 5.74) is 0.454. The molecule has 9 nitrogen and oxygen atoms in total. The molecule has 1 aliphatic carbocycles. The van der Waals surface area contributed by atoms with Gasteiger partial charge in [-0.3, -0.25) is 9.36 Å². The van der Waals surface area contributed by atoms with Crippen molar-refractivity contribution >= 4 is 12.0 Å². The van der Waals surface area contributed by atoms with E-state index in [9.17, 15) is 9.59 Å². The SMILES string of the molecule is Cn1c(N[C@H]2[C@@H]3CN(C(=O)OC(C)(C)C)C[C@@H]32)nc(-c2ccncn2)cc1=O. The molecule has 0 radical (unpaired) electrons. The summed E-state index contributed by atoms with van der Waals surface area (Å²) in [5, 5.41) is 3.37. The molecule has 3 atom stereocenters. The third kappa shape index (κ3) is 3.56. The highest BCUT2D eigenvalue weighted by Crippen LogP contribution is 2.47. The highest BCUT2D eigenvalue weighted by molar-refractivity contribution is 5.69. The number of fused-ring (bicyclic) bond motifs is 1. The fourth-order valence-electron chi connectivity index (χ4n) is 3.61. The molecule has 1 aliphatic heterocycles. The Kier molecular flexibility index (Phi) is 4.32. The number of ether oxygens (including phenoxy) is 1. The number of rotatable bonds is 3. The monoisotopic (exact) mass is 384 g/mol. The van der Waals surface area contributed by atoms with Crippen LogP contribution in [0.3, 0.4) is 0 Å². The molecule has 148 valence electrons. The van der Waals surface area contributed by atoms with Crippen LogP contribution in [0.5, 0.6) is 0 Å². The third-order valence-electron chi connectivity index (χ3n) is 5.12. The number of hydrogen-bond donors (Lipinski definition) is 1. The second-order valence-corrected chi connectivity index (χ2v) is 8.34. The van der Waals surface area contributed by atoms with Crippen LogP contribution in [0.1, 0.15) is 20.8 Å². The average molecular weight is 384 g/mol. The Bertz CT molecular complexity index is 940. The van der Waals surface area contributed by atoms with E-state index in [1.54, 1.807) is 24.2 Å². The van der Waals surface area contributed by atoms with E-state index in [1.807, 2.05) is 20.8 Å². The fraction of sp³-hybridized carbons (Fsp3) is 0.526. The molecule has 0 aromatic carbocycles. The Balaban J connectivity index is 1.44. The van der Waals surface area contributed by atoms with Crippen molar-refractivity contribution in [2.45, 2.75) is 32.4 Å². The highest BCUT2D eigenvalue weighted by Gasteiger charge is 2.57. The van der Waals surface area contributed by atoms with E-state index >= 15 is 0 Å². The van der Waals surface area contributed by atoms with Gasteiger partial charge in [0, 0.05) is 50.3 Å². The first kappa shape index (κ1) is 18.4. The number of amides is 1. The maximum absolute atomic E-state index is 12.3. The molecule has 9 heteroatoms. The molecule has 2 fully saturated rings. The molecule has 0 spiro atoms. The largest absolute Gasteiger partial charge is 0.444 e. The van der Waals surface area contributed by atoms with Crippen LogP contribution in [0.4, 0.5) is 10.7 Å². The first-order valence-corrected chi connectivity index (χ1v) is 9.32. The number of aromatic nitrogens is 4. The van der Waals surface area contributed by atoms with E-state index in [2.05, 4.69) is 20.3 Å². The lowest BCUT2D eigenvalue weighted by atomic mass is 10.2. The van der Waals surface area contributed by atoms with Gasteiger partial charge in [0.2, 0.25) is 5.95 Å². The summed E-state index contributed by atoms with van der Waals surface area (Å²) in [6, 6.07) is 3.37. The lowest BCUT2D eigenvalue weighted by molar-refractivity contribution is 0.0272. The summed E-state index contributed by atoms with van der Waals surface area (Å²) in [7, 11) is 1.69. The van der Waals surface area contributed by atoms with Crippen LogP contribution < -0.4 is 10.9 Å². The van der Waals surface area contributed by atoms with E-state index in [0.29, 0.717) is 42.3 Å². The number of piperidine rings is 1. The normalized spacial score (nSPS) is 23.3. The molecule has 28 heavy (non-hydrogen) atoms. The minimum absolute atomic E-state index is 0.160. The predicted molar refractivity (Wildman–Crippen MR) is 103 cm³/mol. The number of likely N-dealkylation sites (tertiary alicyclic amines) is 1. The maximum atomic E-state index is 12.3. The zero-order valence-corrected chi connectivity index (χ0v) is 16.4. The standard InChI is InChI=1S/C19H24N6O3/c1-19(2,3)28-18(27)25-8-11-12(9-25)16(11)23-17-22-14(7-15(26)24(17)4)13-5-6-20-10-21-13/h5-7,10-12,16H,8-9H2,1-4H3,(H,22,23)/t11-,12+,16+. The Hall–Kier alpha value is -2.97. The maximum Gasteiger partial charge on any atom is 0.410 e. The number of nitrogens with zero attached hydrogens (tertiary/aromatic N) is 5. The smallest absolute Gasteiger partial charge is 0.410 e. The van der Waals surface area contributed by atoms with Crippen LogP contribution in [0.2, 0.25) is 0 Å². The molecule has 2 aromatic rings. The van der Waals surface area contributed by atoms with Crippen molar-refractivity contribution < 1.29 is 9.53 Å². The summed E-state index contributed by atoms with van der Waals surface area (Å²) in [5.74, 6) is 1.18. The van der Waals surface area contributed by atoms with Crippen LogP contribution in [0.15, 0.2) is 29.5 Å². The van der Waals surface area contributed by atoms with Gasteiger partial charge in [-0.05, 0) is 26.8 Å². The molecular weight excluding hydrogens is 360 g/mol. The number of nitrogens with one attached hydrogen (secondary N) is 1. The fourth-order valence-corrected chi connectivity index (χ4v) is 3.61. The molecule has 4 rings (SSSR count). The average Bonchev–Trinajstić information content (AvgIpc) is 3.07.